The van der Waals surface area contributed by atoms with Gasteiger partial charge >= 0.3 is 12.1 Å². The molecule has 158 valence electrons. The molecule has 0 aliphatic rings. The summed E-state index contributed by atoms with van der Waals surface area (Å²) in [6.45, 7) is 1.77. The fraction of sp³-hybridized carbons (Fsp3) is 0.111. The van der Waals surface area contributed by atoms with Crippen LogP contribution < -0.4 is 11.5 Å². The molecule has 2 heterocycles. The Kier molecular flexibility index (Phi) is 6.40. The number of carboxylic acid groups (broad SMARTS) is 1. The van der Waals surface area contributed by atoms with Crippen molar-refractivity contribution >= 4 is 28.7 Å². The maximum Gasteiger partial charge on any atom is 0.490 e. The molecule has 0 fully saturated rings. The van der Waals surface area contributed by atoms with Crippen LogP contribution in [0, 0.1) is 12.7 Å². The second-order valence-electron chi connectivity index (χ2n) is 5.90. The van der Waals surface area contributed by atoms with Gasteiger partial charge in [0.2, 0.25) is 0 Å². The summed E-state index contributed by atoms with van der Waals surface area (Å²) >= 11 is 0. The van der Waals surface area contributed by atoms with Crippen molar-refractivity contribution < 1.29 is 32.3 Å². The summed E-state index contributed by atoms with van der Waals surface area (Å²) in [6.07, 6.45) is -0.0820. The van der Waals surface area contributed by atoms with Crippen molar-refractivity contribution in [1.29, 1.82) is 0 Å². The fourth-order valence-electron chi connectivity index (χ4n) is 2.43. The zero-order valence-electron chi connectivity index (χ0n) is 15.3. The molecule has 12 heteroatoms. The molecule has 30 heavy (non-hydrogen) atoms. The van der Waals surface area contributed by atoms with Gasteiger partial charge in [-0.25, -0.2) is 9.18 Å². The van der Waals surface area contributed by atoms with Crippen molar-refractivity contribution in [2.45, 2.75) is 13.1 Å². The summed E-state index contributed by atoms with van der Waals surface area (Å²) in [5.74, 6) is -3.93. The van der Waals surface area contributed by atoms with Gasteiger partial charge in [0.25, 0.3) is 5.91 Å². The third-order valence-corrected chi connectivity index (χ3v) is 3.69. The molecule has 0 aliphatic heterocycles. The molecule has 1 aromatic carbocycles. The number of pyridine rings is 1. The van der Waals surface area contributed by atoms with Crippen LogP contribution in [-0.2, 0) is 4.79 Å². The van der Waals surface area contributed by atoms with Crippen molar-refractivity contribution in [1.82, 2.24) is 9.55 Å². The maximum absolute atomic E-state index is 13.6. The highest BCUT2D eigenvalue weighted by Crippen LogP contribution is 2.24. The number of aryl methyl sites for hydroxylation is 1. The summed E-state index contributed by atoms with van der Waals surface area (Å²) in [5, 5.41) is 7.77. The van der Waals surface area contributed by atoms with E-state index in [1.807, 2.05) is 0 Å². The van der Waals surface area contributed by atoms with E-state index in [9.17, 15) is 22.4 Å². The van der Waals surface area contributed by atoms with E-state index < -0.39 is 18.1 Å². The molecule has 5 N–H and O–H groups in total. The number of fused-ring (bicyclic) bond motifs is 1. The van der Waals surface area contributed by atoms with Gasteiger partial charge in [-0.15, -0.1) is 0 Å². The minimum Gasteiger partial charge on any atom is -0.475 e. The predicted molar refractivity (Wildman–Crippen MR) is 99.6 cm³/mol. The van der Waals surface area contributed by atoms with E-state index in [0.29, 0.717) is 27.7 Å². The van der Waals surface area contributed by atoms with Gasteiger partial charge in [-0.2, -0.15) is 18.2 Å². The molecule has 0 spiro atoms. The fourth-order valence-corrected chi connectivity index (χ4v) is 2.43. The van der Waals surface area contributed by atoms with Crippen LogP contribution in [0.25, 0.3) is 16.6 Å². The topological polar surface area (TPSA) is 137 Å². The van der Waals surface area contributed by atoms with Crippen molar-refractivity contribution in [3.05, 3.63) is 59.8 Å². The lowest BCUT2D eigenvalue weighted by Crippen LogP contribution is -2.24. The lowest BCUT2D eigenvalue weighted by molar-refractivity contribution is -0.192. The average Bonchev–Trinajstić information content (AvgIpc) is 3.02. The van der Waals surface area contributed by atoms with Gasteiger partial charge in [-0.1, -0.05) is 0 Å². The number of halogens is 4. The lowest BCUT2D eigenvalue weighted by atomic mass is 10.2. The van der Waals surface area contributed by atoms with E-state index in [2.05, 4.69) is 9.98 Å². The van der Waals surface area contributed by atoms with Gasteiger partial charge in [0, 0.05) is 24.0 Å². The number of carboxylic acids is 1. The Bertz CT molecular complexity index is 1130. The Morgan fingerprint density at radius 1 is 1.17 bits per heavy atom. The number of carbonyl (C=O) groups excluding carboxylic acids is 1. The molecule has 0 unspecified atom stereocenters. The van der Waals surface area contributed by atoms with Crippen LogP contribution in [0.3, 0.4) is 0 Å². The van der Waals surface area contributed by atoms with Crippen LogP contribution in [0.15, 0.2) is 47.8 Å². The van der Waals surface area contributed by atoms with E-state index in [4.69, 9.17) is 21.4 Å². The molecule has 0 saturated carbocycles. The monoisotopic (exact) mass is 425 g/mol. The number of hydrogen-bond donors (Lipinski definition) is 3. The molecule has 1 amide bonds. The number of carbonyl (C=O) groups is 2. The number of rotatable bonds is 2. The molecular weight excluding hydrogens is 410 g/mol. The molecular formula is C18H15F4N5O3. The number of alkyl halides is 3. The highest BCUT2D eigenvalue weighted by atomic mass is 19.4. The van der Waals surface area contributed by atoms with Gasteiger partial charge in [-0.3, -0.25) is 9.78 Å². The summed E-state index contributed by atoms with van der Waals surface area (Å²) in [6, 6.07) is 6.12. The highest BCUT2D eigenvalue weighted by Gasteiger charge is 2.38. The Morgan fingerprint density at radius 3 is 2.37 bits per heavy atom. The second-order valence-corrected chi connectivity index (χ2v) is 5.90. The average molecular weight is 425 g/mol. The first-order valence-electron chi connectivity index (χ1n) is 8.07. The number of benzene rings is 1. The minimum absolute atomic E-state index is 0.293. The number of aliphatic imine (C=N–C) groups is 1. The van der Waals surface area contributed by atoms with Gasteiger partial charge in [-0.05, 0) is 36.8 Å². The zero-order chi connectivity index (χ0) is 22.6. The summed E-state index contributed by atoms with van der Waals surface area (Å²) < 4.78 is 47.0. The standard InChI is InChI=1S/C16H14FN5O.C2HF3O2/c1-9-7-22(8-12(9)15(23)21-16(18)19)14-4-5-20-13-3-2-10(17)6-11(13)14;3-2(4,5)1(6)7/h2-8H,1H3,(H4,18,19,21,23);(H,6,7). The van der Waals surface area contributed by atoms with Gasteiger partial charge in [0.1, 0.15) is 5.82 Å². The predicted octanol–water partition coefficient (Wildman–Crippen LogP) is 2.52. The number of hydrogen-bond acceptors (Lipinski definition) is 3. The van der Waals surface area contributed by atoms with Crippen molar-refractivity contribution in [3.63, 3.8) is 0 Å². The Morgan fingerprint density at radius 2 is 1.80 bits per heavy atom. The number of aromatic nitrogens is 2. The number of nitrogens with zero attached hydrogens (tertiary/aromatic N) is 3. The first-order chi connectivity index (χ1) is 13.9. The molecule has 0 atom stereocenters. The number of aliphatic carboxylic acids is 1. The van der Waals surface area contributed by atoms with E-state index in [-0.39, 0.29) is 11.8 Å². The molecule has 2 aromatic heterocycles. The highest BCUT2D eigenvalue weighted by molar-refractivity contribution is 6.03. The zero-order valence-corrected chi connectivity index (χ0v) is 15.3. The molecule has 0 aliphatic carbocycles. The first kappa shape index (κ1) is 22.3. The number of amides is 1. The van der Waals surface area contributed by atoms with Crippen molar-refractivity contribution in [2.24, 2.45) is 16.5 Å². The molecule has 3 rings (SSSR count). The maximum atomic E-state index is 13.6. The van der Waals surface area contributed by atoms with Crippen molar-refractivity contribution in [2.75, 3.05) is 0 Å². The smallest absolute Gasteiger partial charge is 0.475 e. The third kappa shape index (κ3) is 5.31. The molecule has 0 radical (unpaired) electrons. The number of nitrogens with two attached hydrogens (primary N) is 2. The van der Waals surface area contributed by atoms with Crippen LogP contribution in [0.5, 0.6) is 0 Å². The van der Waals surface area contributed by atoms with Crippen LogP contribution in [0.4, 0.5) is 17.6 Å². The Balaban J connectivity index is 0.000000396. The molecule has 3 aromatic rings. The van der Waals surface area contributed by atoms with Crippen LogP contribution >= 0.6 is 0 Å². The minimum atomic E-state index is -5.08. The van der Waals surface area contributed by atoms with E-state index in [1.165, 1.54) is 12.1 Å². The van der Waals surface area contributed by atoms with Crippen LogP contribution in [0.1, 0.15) is 15.9 Å². The van der Waals surface area contributed by atoms with Gasteiger partial charge < -0.3 is 21.1 Å². The first-order valence-corrected chi connectivity index (χ1v) is 8.07. The van der Waals surface area contributed by atoms with Crippen LogP contribution in [-0.4, -0.2) is 38.7 Å². The Hall–Kier alpha value is -3.96. The lowest BCUT2D eigenvalue weighted by Gasteiger charge is -2.07. The van der Waals surface area contributed by atoms with Crippen LogP contribution in [0.2, 0.25) is 0 Å². The second kappa shape index (κ2) is 8.59. The third-order valence-electron chi connectivity index (χ3n) is 3.69. The van der Waals surface area contributed by atoms with E-state index in [0.717, 1.165) is 0 Å². The SMILES string of the molecule is Cc1cn(-c2ccnc3ccc(F)cc23)cc1C(=O)N=C(N)N.O=C(O)C(F)(F)F. The normalized spacial score (nSPS) is 10.8. The van der Waals surface area contributed by atoms with Crippen molar-refractivity contribution in [3.8, 4) is 5.69 Å². The summed E-state index contributed by atoms with van der Waals surface area (Å²) in [5.41, 5.74) is 12.9. The largest absolute Gasteiger partial charge is 0.490 e. The quantitative estimate of drug-likeness (QED) is 0.328. The van der Waals surface area contributed by atoms with Gasteiger partial charge in [0.05, 0.1) is 16.8 Å². The number of guanidine groups is 1. The van der Waals surface area contributed by atoms with E-state index in [1.54, 1.807) is 42.2 Å². The summed E-state index contributed by atoms with van der Waals surface area (Å²) in [4.78, 5) is 28.7. The molecule has 0 bridgehead atoms. The van der Waals surface area contributed by atoms with E-state index >= 15 is 0 Å². The molecule has 0 saturated heterocycles. The summed E-state index contributed by atoms with van der Waals surface area (Å²) in [7, 11) is 0. The van der Waals surface area contributed by atoms with Gasteiger partial charge in [0.15, 0.2) is 5.96 Å². The Labute approximate surface area is 166 Å². The molecule has 8 nitrogen and oxygen atoms in total.